The molecular formula is C32H30. The molecular weight excluding hydrogens is 384 g/mol. The van der Waals surface area contributed by atoms with E-state index in [2.05, 4.69) is 142 Å². The molecule has 4 rings (SSSR count). The van der Waals surface area contributed by atoms with Crippen LogP contribution in [0.3, 0.4) is 0 Å². The summed E-state index contributed by atoms with van der Waals surface area (Å²) in [4.78, 5) is 0. The van der Waals surface area contributed by atoms with Crippen molar-refractivity contribution in [1.82, 2.24) is 0 Å². The van der Waals surface area contributed by atoms with Gasteiger partial charge >= 0.3 is 0 Å². The average molecular weight is 415 g/mol. The zero-order valence-electron chi connectivity index (χ0n) is 19.1. The van der Waals surface area contributed by atoms with Crippen LogP contribution in [0, 0.1) is 6.92 Å². The lowest BCUT2D eigenvalue weighted by Crippen LogP contribution is -1.85. The van der Waals surface area contributed by atoms with Gasteiger partial charge in [0.2, 0.25) is 0 Å². The van der Waals surface area contributed by atoms with Crippen molar-refractivity contribution >= 4 is 24.3 Å². The van der Waals surface area contributed by atoms with Crippen molar-refractivity contribution in [3.05, 3.63) is 130 Å². The smallest absolute Gasteiger partial charge is 0.0184 e. The normalized spacial score (nSPS) is 11.6. The molecule has 0 fully saturated rings. The largest absolute Gasteiger partial charge is 0.0587 e. The van der Waals surface area contributed by atoms with Gasteiger partial charge in [0.15, 0.2) is 0 Å². The predicted molar refractivity (Wildman–Crippen MR) is 141 cm³/mol. The molecule has 0 aliphatic heterocycles. The molecule has 0 aliphatic carbocycles. The first-order valence-corrected chi connectivity index (χ1v) is 11.3. The van der Waals surface area contributed by atoms with Crippen LogP contribution in [0.2, 0.25) is 0 Å². The molecule has 0 N–H and O–H groups in total. The Morgan fingerprint density at radius 3 is 1.09 bits per heavy atom. The van der Waals surface area contributed by atoms with E-state index >= 15 is 0 Å². The summed E-state index contributed by atoms with van der Waals surface area (Å²) in [6, 6.07) is 34.9. The quantitative estimate of drug-likeness (QED) is 0.276. The van der Waals surface area contributed by atoms with Gasteiger partial charge in [0.05, 0.1) is 0 Å². The maximum absolute atomic E-state index is 2.22. The van der Waals surface area contributed by atoms with Gasteiger partial charge in [0, 0.05) is 0 Å². The van der Waals surface area contributed by atoms with Gasteiger partial charge in [-0.3, -0.25) is 0 Å². The first-order chi connectivity index (χ1) is 15.6. The van der Waals surface area contributed by atoms with E-state index in [-0.39, 0.29) is 0 Å². The fourth-order valence-corrected chi connectivity index (χ4v) is 3.63. The summed E-state index contributed by atoms with van der Waals surface area (Å²) in [6.45, 7) is 6.56. The highest BCUT2D eigenvalue weighted by Gasteiger charge is 1.99. The second-order valence-electron chi connectivity index (χ2n) is 8.64. The Morgan fingerprint density at radius 1 is 0.438 bits per heavy atom. The molecule has 4 aromatic carbocycles. The third-order valence-electron chi connectivity index (χ3n) is 5.77. The fraction of sp³-hybridized carbons (Fsp3) is 0.125. The predicted octanol–water partition coefficient (Wildman–Crippen LogP) is 9.13. The van der Waals surface area contributed by atoms with Crippen molar-refractivity contribution in [2.24, 2.45) is 0 Å². The maximum atomic E-state index is 2.22. The van der Waals surface area contributed by atoms with Gasteiger partial charge in [-0.05, 0) is 51.8 Å². The zero-order valence-corrected chi connectivity index (χ0v) is 19.1. The summed E-state index contributed by atoms with van der Waals surface area (Å²) < 4.78 is 0. The molecule has 4 aromatic rings. The van der Waals surface area contributed by atoms with Gasteiger partial charge in [-0.2, -0.15) is 0 Å². The Bertz CT molecular complexity index is 1190. The van der Waals surface area contributed by atoms with Crippen LogP contribution >= 0.6 is 0 Å². The number of rotatable bonds is 6. The minimum atomic E-state index is 0.568. The minimum absolute atomic E-state index is 0.568. The molecule has 0 heteroatoms. The topological polar surface area (TPSA) is 0 Å². The first kappa shape index (κ1) is 21.6. The molecule has 0 aliphatic rings. The molecule has 0 atom stereocenters. The van der Waals surface area contributed by atoms with E-state index in [1.54, 1.807) is 0 Å². The van der Waals surface area contributed by atoms with E-state index in [9.17, 15) is 0 Å². The van der Waals surface area contributed by atoms with Crippen LogP contribution in [0.4, 0.5) is 0 Å². The molecule has 0 aromatic heterocycles. The maximum Gasteiger partial charge on any atom is -0.0184 e. The van der Waals surface area contributed by atoms with Gasteiger partial charge < -0.3 is 0 Å². The first-order valence-electron chi connectivity index (χ1n) is 11.3. The lowest BCUT2D eigenvalue weighted by molar-refractivity contribution is 0.866. The molecule has 0 saturated heterocycles. The molecule has 0 heterocycles. The Balaban J connectivity index is 1.40. The zero-order chi connectivity index (χ0) is 22.3. The van der Waals surface area contributed by atoms with E-state index in [1.165, 1.54) is 44.5 Å². The summed E-state index contributed by atoms with van der Waals surface area (Å²) in [5.74, 6) is 0.568. The van der Waals surface area contributed by atoms with Gasteiger partial charge in [-0.15, -0.1) is 0 Å². The number of hydrogen-bond donors (Lipinski definition) is 0. The van der Waals surface area contributed by atoms with Crippen LogP contribution in [0.1, 0.15) is 53.1 Å². The van der Waals surface area contributed by atoms with Crippen molar-refractivity contribution in [3.8, 4) is 11.1 Å². The summed E-state index contributed by atoms with van der Waals surface area (Å²) in [7, 11) is 0. The standard InChI is InChI=1S/C32H30/c1-24(2)30-18-12-27(13-19-30)10-11-29-16-22-32(23-17-29)31-20-14-28(15-21-31)9-8-26-6-4-25(3)5-7-26/h4-24H,1-3H3. The number of benzene rings is 4. The monoisotopic (exact) mass is 414 g/mol. The molecule has 0 unspecified atom stereocenters. The third-order valence-corrected chi connectivity index (χ3v) is 5.77. The molecule has 158 valence electrons. The fourth-order valence-electron chi connectivity index (χ4n) is 3.63. The lowest BCUT2D eigenvalue weighted by Gasteiger charge is -2.05. The minimum Gasteiger partial charge on any atom is -0.0587 e. The van der Waals surface area contributed by atoms with Crippen LogP contribution in [-0.2, 0) is 0 Å². The van der Waals surface area contributed by atoms with E-state index in [0.29, 0.717) is 5.92 Å². The second-order valence-corrected chi connectivity index (χ2v) is 8.64. The average Bonchev–Trinajstić information content (AvgIpc) is 2.83. The summed E-state index contributed by atoms with van der Waals surface area (Å²) in [6.07, 6.45) is 8.67. The highest BCUT2D eigenvalue weighted by molar-refractivity contribution is 5.74. The van der Waals surface area contributed by atoms with Crippen LogP contribution in [0.15, 0.2) is 97.1 Å². The molecule has 0 radical (unpaired) electrons. The Kier molecular flexibility index (Phi) is 6.82. The van der Waals surface area contributed by atoms with Gasteiger partial charge in [0.1, 0.15) is 0 Å². The highest BCUT2D eigenvalue weighted by Crippen LogP contribution is 2.22. The van der Waals surface area contributed by atoms with Gasteiger partial charge in [-0.1, -0.05) is 141 Å². The number of hydrogen-bond acceptors (Lipinski definition) is 0. The van der Waals surface area contributed by atoms with Crippen LogP contribution in [0.25, 0.3) is 35.4 Å². The SMILES string of the molecule is Cc1ccc(C=Cc2ccc(-c3ccc(C=Cc4ccc(C(C)C)cc4)cc3)cc2)cc1. The van der Waals surface area contributed by atoms with E-state index in [0.717, 1.165) is 0 Å². The van der Waals surface area contributed by atoms with Crippen LogP contribution < -0.4 is 0 Å². The van der Waals surface area contributed by atoms with Crippen molar-refractivity contribution in [2.75, 3.05) is 0 Å². The second kappa shape index (κ2) is 10.1. The molecule has 0 saturated carbocycles. The Labute approximate surface area is 192 Å². The number of aryl methyl sites for hydroxylation is 1. The molecule has 0 spiro atoms. The lowest BCUT2D eigenvalue weighted by atomic mass is 10.0. The van der Waals surface area contributed by atoms with Crippen molar-refractivity contribution in [1.29, 1.82) is 0 Å². The Morgan fingerprint density at radius 2 is 0.750 bits per heavy atom. The van der Waals surface area contributed by atoms with Crippen LogP contribution in [0.5, 0.6) is 0 Å². The molecule has 0 amide bonds. The van der Waals surface area contributed by atoms with Gasteiger partial charge in [0.25, 0.3) is 0 Å². The van der Waals surface area contributed by atoms with Crippen LogP contribution in [-0.4, -0.2) is 0 Å². The van der Waals surface area contributed by atoms with E-state index < -0.39 is 0 Å². The van der Waals surface area contributed by atoms with E-state index in [1.807, 2.05) is 0 Å². The van der Waals surface area contributed by atoms with E-state index in [4.69, 9.17) is 0 Å². The summed E-state index contributed by atoms with van der Waals surface area (Å²) in [5.41, 5.74) is 10.00. The molecule has 0 bridgehead atoms. The Hall–Kier alpha value is -3.64. The summed E-state index contributed by atoms with van der Waals surface area (Å²) >= 11 is 0. The molecule has 32 heavy (non-hydrogen) atoms. The van der Waals surface area contributed by atoms with Gasteiger partial charge in [-0.25, -0.2) is 0 Å². The highest BCUT2D eigenvalue weighted by atomic mass is 14.0. The van der Waals surface area contributed by atoms with Crippen molar-refractivity contribution in [3.63, 3.8) is 0 Å². The van der Waals surface area contributed by atoms with Crippen molar-refractivity contribution in [2.45, 2.75) is 26.7 Å². The van der Waals surface area contributed by atoms with Crippen molar-refractivity contribution < 1.29 is 0 Å². The third kappa shape index (κ3) is 5.74. The summed E-state index contributed by atoms with van der Waals surface area (Å²) in [5, 5.41) is 0. The molecule has 0 nitrogen and oxygen atoms in total.